The van der Waals surface area contributed by atoms with Crippen molar-refractivity contribution in [3.05, 3.63) is 65.0 Å². The van der Waals surface area contributed by atoms with Crippen LogP contribution >= 0.6 is 0 Å². The van der Waals surface area contributed by atoms with E-state index in [1.165, 1.54) is 5.06 Å². The zero-order valence-corrected chi connectivity index (χ0v) is 9.96. The number of aromatic nitrogens is 1. The number of rotatable bonds is 0. The Morgan fingerprint density at radius 3 is 2.89 bits per heavy atom. The fraction of sp³-hybridized carbons (Fsp3) is 0.133. The monoisotopic (exact) mass is 236 g/mol. The van der Waals surface area contributed by atoms with Gasteiger partial charge < -0.3 is 0 Å². The fourth-order valence-electron chi connectivity index (χ4n) is 3.08. The van der Waals surface area contributed by atoms with Gasteiger partial charge in [-0.15, -0.1) is 0 Å². The van der Waals surface area contributed by atoms with Gasteiger partial charge in [0.1, 0.15) is 5.54 Å². The first-order valence-corrected chi connectivity index (χ1v) is 5.98. The summed E-state index contributed by atoms with van der Waals surface area (Å²) in [7, 11) is 0. The van der Waals surface area contributed by atoms with E-state index in [0.717, 1.165) is 28.0 Å². The van der Waals surface area contributed by atoms with Crippen LogP contribution in [0.15, 0.2) is 42.7 Å². The maximum absolute atomic E-state index is 10.5. The van der Waals surface area contributed by atoms with Crippen molar-refractivity contribution in [3.63, 3.8) is 0 Å². The van der Waals surface area contributed by atoms with Crippen LogP contribution in [0.25, 0.3) is 11.8 Å². The molecule has 1 atom stereocenters. The van der Waals surface area contributed by atoms with Gasteiger partial charge in [-0.1, -0.05) is 24.3 Å². The number of fused-ring (bicyclic) bond motifs is 7. The van der Waals surface area contributed by atoms with E-state index in [2.05, 4.69) is 17.1 Å². The lowest BCUT2D eigenvalue weighted by Gasteiger charge is -2.36. The molecular weight excluding hydrogens is 224 g/mol. The summed E-state index contributed by atoms with van der Waals surface area (Å²) >= 11 is 0. The highest BCUT2D eigenvalue weighted by Crippen LogP contribution is 2.52. The van der Waals surface area contributed by atoms with Gasteiger partial charge in [0.25, 0.3) is 0 Å². The highest BCUT2D eigenvalue weighted by molar-refractivity contribution is 5.90. The van der Waals surface area contributed by atoms with Crippen molar-refractivity contribution in [1.82, 2.24) is 10.0 Å². The number of benzene rings is 1. The first kappa shape index (κ1) is 9.85. The highest BCUT2D eigenvalue weighted by Gasteiger charge is 2.48. The van der Waals surface area contributed by atoms with Gasteiger partial charge in [0.15, 0.2) is 0 Å². The summed E-state index contributed by atoms with van der Waals surface area (Å²) in [6.45, 7) is 2.03. The van der Waals surface area contributed by atoms with Gasteiger partial charge in [-0.2, -0.15) is 0 Å². The van der Waals surface area contributed by atoms with Gasteiger partial charge >= 0.3 is 0 Å². The standard InChI is InChI=1S/C15H12N2O/c1-15-12-5-3-2-4-11(12)14(17(15)18)8-10-6-7-16-9-13(10)15/h2-9,18H,1H3. The largest absolute Gasteiger partial charge is 0.287 e. The second-order valence-corrected chi connectivity index (χ2v) is 4.92. The Balaban J connectivity index is 2.16. The third-order valence-corrected chi connectivity index (χ3v) is 4.05. The van der Waals surface area contributed by atoms with Gasteiger partial charge in [0.2, 0.25) is 0 Å². The third-order valence-electron chi connectivity index (χ3n) is 4.05. The predicted molar refractivity (Wildman–Crippen MR) is 68.6 cm³/mol. The van der Waals surface area contributed by atoms with E-state index in [1.807, 2.05) is 37.4 Å². The Kier molecular flexibility index (Phi) is 1.64. The first-order chi connectivity index (χ1) is 8.73. The molecule has 1 aromatic carbocycles. The van der Waals surface area contributed by atoms with Crippen LogP contribution in [0.3, 0.4) is 0 Å². The molecule has 0 radical (unpaired) electrons. The first-order valence-electron chi connectivity index (χ1n) is 5.98. The van der Waals surface area contributed by atoms with E-state index in [-0.39, 0.29) is 0 Å². The molecule has 1 unspecified atom stereocenters. The number of nitrogens with zero attached hydrogens (tertiary/aromatic N) is 2. The van der Waals surface area contributed by atoms with Crippen LogP contribution in [0, 0.1) is 0 Å². The maximum atomic E-state index is 10.5. The summed E-state index contributed by atoms with van der Waals surface area (Å²) < 4.78 is 0. The van der Waals surface area contributed by atoms with Crippen LogP contribution in [0.1, 0.15) is 29.2 Å². The molecule has 1 N–H and O–H groups in total. The third kappa shape index (κ3) is 0.924. The minimum Gasteiger partial charge on any atom is -0.287 e. The van der Waals surface area contributed by atoms with Crippen molar-refractivity contribution >= 4 is 11.8 Å². The van der Waals surface area contributed by atoms with E-state index in [0.29, 0.717) is 0 Å². The Hall–Kier alpha value is -2.13. The molecule has 0 amide bonds. The van der Waals surface area contributed by atoms with E-state index in [1.54, 1.807) is 6.20 Å². The molecule has 3 heterocycles. The summed E-state index contributed by atoms with van der Waals surface area (Å²) in [5.41, 5.74) is 4.74. The van der Waals surface area contributed by atoms with Crippen molar-refractivity contribution in [2.75, 3.05) is 0 Å². The molecule has 3 nitrogen and oxygen atoms in total. The molecule has 2 aliphatic rings. The Morgan fingerprint density at radius 2 is 2.00 bits per heavy atom. The molecule has 18 heavy (non-hydrogen) atoms. The van der Waals surface area contributed by atoms with Crippen molar-refractivity contribution in [1.29, 1.82) is 0 Å². The van der Waals surface area contributed by atoms with Crippen molar-refractivity contribution in [2.24, 2.45) is 0 Å². The van der Waals surface area contributed by atoms with E-state index >= 15 is 0 Å². The van der Waals surface area contributed by atoms with Gasteiger partial charge in [0, 0.05) is 23.5 Å². The smallest absolute Gasteiger partial charge is 0.117 e. The van der Waals surface area contributed by atoms with Crippen LogP contribution in [-0.4, -0.2) is 15.3 Å². The maximum Gasteiger partial charge on any atom is 0.117 e. The van der Waals surface area contributed by atoms with Crippen LogP contribution < -0.4 is 0 Å². The Morgan fingerprint density at radius 1 is 1.17 bits per heavy atom. The van der Waals surface area contributed by atoms with Gasteiger partial charge in [-0.3, -0.25) is 10.2 Å². The van der Waals surface area contributed by atoms with Crippen LogP contribution in [-0.2, 0) is 5.54 Å². The Labute approximate surface area is 105 Å². The average Bonchev–Trinajstić information content (AvgIpc) is 2.56. The lowest BCUT2D eigenvalue weighted by molar-refractivity contribution is -0.0909. The van der Waals surface area contributed by atoms with Gasteiger partial charge in [-0.05, 0) is 30.2 Å². The second kappa shape index (κ2) is 3.00. The van der Waals surface area contributed by atoms with Crippen LogP contribution in [0.2, 0.25) is 0 Å². The molecule has 2 aromatic rings. The molecule has 88 valence electrons. The summed E-state index contributed by atoms with van der Waals surface area (Å²) in [4.78, 5) is 4.20. The average molecular weight is 236 g/mol. The van der Waals surface area contributed by atoms with Crippen molar-refractivity contribution < 1.29 is 5.21 Å². The number of pyridine rings is 1. The van der Waals surface area contributed by atoms with Crippen molar-refractivity contribution in [2.45, 2.75) is 12.5 Å². The Bertz CT molecular complexity index is 679. The van der Waals surface area contributed by atoms with E-state index < -0.39 is 5.54 Å². The lowest BCUT2D eigenvalue weighted by Crippen LogP contribution is -2.38. The number of hydrogen-bond donors (Lipinski definition) is 1. The zero-order chi connectivity index (χ0) is 12.3. The molecule has 1 aromatic heterocycles. The molecule has 4 rings (SSSR count). The topological polar surface area (TPSA) is 36.4 Å². The lowest BCUT2D eigenvalue weighted by atomic mass is 9.84. The molecule has 0 saturated heterocycles. The zero-order valence-electron chi connectivity index (χ0n) is 9.96. The van der Waals surface area contributed by atoms with Gasteiger partial charge in [-0.25, -0.2) is 5.06 Å². The SMILES string of the molecule is CC12c3cnccc3C=C(c3ccccc31)N2O. The summed E-state index contributed by atoms with van der Waals surface area (Å²) in [6.07, 6.45) is 5.65. The van der Waals surface area contributed by atoms with Crippen LogP contribution in [0.4, 0.5) is 0 Å². The summed E-state index contributed by atoms with van der Waals surface area (Å²) in [5, 5.41) is 11.8. The van der Waals surface area contributed by atoms with Gasteiger partial charge in [0.05, 0.1) is 5.70 Å². The summed E-state index contributed by atoms with van der Waals surface area (Å²) in [6, 6.07) is 10.1. The summed E-state index contributed by atoms with van der Waals surface area (Å²) in [5.74, 6) is 0. The number of hydroxylamine groups is 2. The number of hydrogen-bond acceptors (Lipinski definition) is 3. The normalized spacial score (nSPS) is 23.4. The van der Waals surface area contributed by atoms with Crippen molar-refractivity contribution in [3.8, 4) is 0 Å². The van der Waals surface area contributed by atoms with E-state index in [9.17, 15) is 5.21 Å². The molecular formula is C15H12N2O. The van der Waals surface area contributed by atoms with Crippen LogP contribution in [0.5, 0.6) is 0 Å². The minimum atomic E-state index is -0.524. The molecule has 0 saturated carbocycles. The molecule has 0 spiro atoms. The molecule has 2 bridgehead atoms. The van der Waals surface area contributed by atoms with E-state index in [4.69, 9.17) is 0 Å². The minimum absolute atomic E-state index is 0.524. The highest BCUT2D eigenvalue weighted by atomic mass is 16.5. The fourth-order valence-corrected chi connectivity index (χ4v) is 3.08. The molecule has 3 heteroatoms. The molecule has 0 aliphatic carbocycles. The predicted octanol–water partition coefficient (Wildman–Crippen LogP) is 2.86. The quantitative estimate of drug-likeness (QED) is 0.764. The molecule has 2 aliphatic heterocycles. The molecule has 0 fully saturated rings. The second-order valence-electron chi connectivity index (χ2n) is 4.92.